The van der Waals surface area contributed by atoms with Crippen molar-refractivity contribution >= 4 is 5.91 Å². The number of likely N-dealkylation sites (tertiary alicyclic amines) is 1. The molecule has 1 aliphatic heterocycles. The number of unbranched alkanes of at least 4 members (excludes halogenated alkanes) is 1. The Morgan fingerprint density at radius 2 is 2.10 bits per heavy atom. The van der Waals surface area contributed by atoms with Crippen LogP contribution in [0.2, 0.25) is 0 Å². The number of carbonyl (C=O) groups excluding carboxylic acids is 1. The van der Waals surface area contributed by atoms with Gasteiger partial charge in [0, 0.05) is 31.4 Å². The number of nitrogens with zero attached hydrogens (tertiary/aromatic N) is 3. The monoisotopic (exact) mass is 292 g/mol. The highest BCUT2D eigenvalue weighted by Crippen LogP contribution is 2.13. The summed E-state index contributed by atoms with van der Waals surface area (Å²) in [6, 6.07) is 0.305. The molecule has 1 saturated heterocycles. The molecule has 0 aliphatic carbocycles. The van der Waals surface area contributed by atoms with Crippen LogP contribution in [0.4, 0.5) is 0 Å². The van der Waals surface area contributed by atoms with Gasteiger partial charge in [-0.2, -0.15) is 5.10 Å². The highest BCUT2D eigenvalue weighted by Gasteiger charge is 2.22. The van der Waals surface area contributed by atoms with E-state index < -0.39 is 0 Å². The van der Waals surface area contributed by atoms with E-state index in [1.165, 1.54) is 19.4 Å². The number of rotatable bonds is 6. The Morgan fingerprint density at radius 1 is 1.38 bits per heavy atom. The van der Waals surface area contributed by atoms with Gasteiger partial charge in [-0.05, 0) is 39.7 Å². The number of nitrogens with one attached hydrogen (secondary N) is 1. The lowest BCUT2D eigenvalue weighted by Crippen LogP contribution is -2.44. The third kappa shape index (κ3) is 4.06. The van der Waals surface area contributed by atoms with Crippen molar-refractivity contribution in [2.75, 3.05) is 19.6 Å². The van der Waals surface area contributed by atoms with Crippen molar-refractivity contribution in [1.82, 2.24) is 20.0 Å². The average molecular weight is 292 g/mol. The molecule has 21 heavy (non-hydrogen) atoms. The van der Waals surface area contributed by atoms with Gasteiger partial charge in [-0.25, -0.2) is 0 Å². The van der Waals surface area contributed by atoms with Crippen LogP contribution in [0.15, 0.2) is 6.20 Å². The second-order valence-corrected chi connectivity index (χ2v) is 5.90. The van der Waals surface area contributed by atoms with Crippen molar-refractivity contribution in [2.45, 2.75) is 59.0 Å². The SMILES string of the molecule is CCCCN1CCC(NC(=O)c2cnn(CC)c2C)CC1. The van der Waals surface area contributed by atoms with E-state index in [9.17, 15) is 4.79 Å². The molecule has 1 aliphatic rings. The Morgan fingerprint density at radius 3 is 2.67 bits per heavy atom. The molecule has 0 saturated carbocycles. The molecule has 1 aromatic heterocycles. The van der Waals surface area contributed by atoms with Gasteiger partial charge >= 0.3 is 0 Å². The molecule has 0 spiro atoms. The maximum Gasteiger partial charge on any atom is 0.254 e. The second-order valence-electron chi connectivity index (χ2n) is 5.90. The zero-order chi connectivity index (χ0) is 15.2. The second kappa shape index (κ2) is 7.59. The predicted octanol–water partition coefficient (Wildman–Crippen LogP) is 2.21. The molecule has 118 valence electrons. The number of aromatic nitrogens is 2. The summed E-state index contributed by atoms with van der Waals surface area (Å²) in [4.78, 5) is 14.8. The van der Waals surface area contributed by atoms with Gasteiger partial charge in [-0.3, -0.25) is 9.48 Å². The smallest absolute Gasteiger partial charge is 0.254 e. The summed E-state index contributed by atoms with van der Waals surface area (Å²) in [6.45, 7) is 10.4. The van der Waals surface area contributed by atoms with E-state index in [4.69, 9.17) is 0 Å². The molecular weight excluding hydrogens is 264 g/mol. The first-order chi connectivity index (χ1) is 10.2. The Hall–Kier alpha value is -1.36. The van der Waals surface area contributed by atoms with E-state index in [0.29, 0.717) is 11.6 Å². The number of hydrogen-bond donors (Lipinski definition) is 1. The Labute approximate surface area is 127 Å². The van der Waals surface area contributed by atoms with Crippen molar-refractivity contribution in [3.8, 4) is 0 Å². The number of hydrogen-bond acceptors (Lipinski definition) is 3. The molecular formula is C16H28N4O. The van der Waals surface area contributed by atoms with Gasteiger partial charge in [-0.1, -0.05) is 13.3 Å². The first kappa shape index (κ1) is 16.0. The average Bonchev–Trinajstić information content (AvgIpc) is 2.87. The summed E-state index contributed by atoms with van der Waals surface area (Å²) < 4.78 is 1.86. The third-order valence-electron chi connectivity index (χ3n) is 4.40. The van der Waals surface area contributed by atoms with Crippen LogP contribution >= 0.6 is 0 Å². The summed E-state index contributed by atoms with van der Waals surface area (Å²) >= 11 is 0. The quantitative estimate of drug-likeness (QED) is 0.874. The number of piperidine rings is 1. The fourth-order valence-electron chi connectivity index (χ4n) is 2.93. The van der Waals surface area contributed by atoms with Gasteiger partial charge in [0.1, 0.15) is 0 Å². The van der Waals surface area contributed by atoms with Gasteiger partial charge in [0.05, 0.1) is 11.8 Å². The van der Waals surface area contributed by atoms with Crippen molar-refractivity contribution < 1.29 is 4.79 Å². The first-order valence-corrected chi connectivity index (χ1v) is 8.21. The van der Waals surface area contributed by atoms with Crippen molar-refractivity contribution in [3.63, 3.8) is 0 Å². The summed E-state index contributed by atoms with van der Waals surface area (Å²) in [7, 11) is 0. The fourth-order valence-corrected chi connectivity index (χ4v) is 2.93. The van der Waals surface area contributed by atoms with Crippen LogP contribution in [0, 0.1) is 6.92 Å². The number of aryl methyl sites for hydroxylation is 1. The lowest BCUT2D eigenvalue weighted by Gasteiger charge is -2.32. The van der Waals surface area contributed by atoms with Gasteiger partial charge in [0.2, 0.25) is 0 Å². The van der Waals surface area contributed by atoms with Gasteiger partial charge < -0.3 is 10.2 Å². The van der Waals surface area contributed by atoms with E-state index in [-0.39, 0.29) is 5.91 Å². The van der Waals surface area contributed by atoms with Crippen LogP contribution in [-0.2, 0) is 6.54 Å². The maximum absolute atomic E-state index is 12.3. The van der Waals surface area contributed by atoms with Crippen LogP contribution < -0.4 is 5.32 Å². The number of amides is 1. The van der Waals surface area contributed by atoms with E-state index in [1.54, 1.807) is 6.20 Å². The summed E-state index contributed by atoms with van der Waals surface area (Å²) in [5.41, 5.74) is 1.67. The largest absolute Gasteiger partial charge is 0.349 e. The van der Waals surface area contributed by atoms with E-state index in [1.807, 2.05) is 18.5 Å². The van der Waals surface area contributed by atoms with E-state index in [0.717, 1.165) is 38.2 Å². The molecule has 0 unspecified atom stereocenters. The van der Waals surface area contributed by atoms with E-state index >= 15 is 0 Å². The van der Waals surface area contributed by atoms with Crippen LogP contribution in [0.25, 0.3) is 0 Å². The maximum atomic E-state index is 12.3. The normalized spacial score (nSPS) is 17.1. The number of carbonyl (C=O) groups is 1. The van der Waals surface area contributed by atoms with Gasteiger partial charge in [-0.15, -0.1) is 0 Å². The molecule has 0 radical (unpaired) electrons. The molecule has 0 bridgehead atoms. The van der Waals surface area contributed by atoms with Crippen LogP contribution in [0.5, 0.6) is 0 Å². The molecule has 2 heterocycles. The lowest BCUT2D eigenvalue weighted by atomic mass is 10.0. The summed E-state index contributed by atoms with van der Waals surface area (Å²) in [6.07, 6.45) is 6.31. The minimum absolute atomic E-state index is 0.0270. The topological polar surface area (TPSA) is 50.2 Å². The minimum atomic E-state index is 0.0270. The molecule has 0 atom stereocenters. The van der Waals surface area contributed by atoms with Crippen LogP contribution in [0.1, 0.15) is 55.6 Å². The van der Waals surface area contributed by atoms with Crippen LogP contribution in [0.3, 0.4) is 0 Å². The lowest BCUT2D eigenvalue weighted by molar-refractivity contribution is 0.0910. The standard InChI is InChI=1S/C16H28N4O/c1-4-6-9-19-10-7-14(8-11-19)18-16(21)15-12-17-20(5-2)13(15)3/h12,14H,4-11H2,1-3H3,(H,18,21). The molecule has 5 heteroatoms. The molecule has 1 amide bonds. The summed E-state index contributed by atoms with van der Waals surface area (Å²) in [5.74, 6) is 0.0270. The predicted molar refractivity (Wildman–Crippen MR) is 84.5 cm³/mol. The van der Waals surface area contributed by atoms with E-state index in [2.05, 4.69) is 22.2 Å². The zero-order valence-electron chi connectivity index (χ0n) is 13.6. The molecule has 1 aromatic rings. The van der Waals surface area contributed by atoms with Crippen molar-refractivity contribution in [2.24, 2.45) is 0 Å². The Balaban J connectivity index is 1.83. The third-order valence-corrected chi connectivity index (χ3v) is 4.40. The summed E-state index contributed by atoms with van der Waals surface area (Å²) in [5, 5.41) is 7.41. The minimum Gasteiger partial charge on any atom is -0.349 e. The molecule has 5 nitrogen and oxygen atoms in total. The zero-order valence-corrected chi connectivity index (χ0v) is 13.6. The molecule has 1 N–H and O–H groups in total. The van der Waals surface area contributed by atoms with Gasteiger partial charge in [0.25, 0.3) is 5.91 Å². The molecule has 2 rings (SSSR count). The first-order valence-electron chi connectivity index (χ1n) is 8.21. The van der Waals surface area contributed by atoms with Crippen molar-refractivity contribution in [1.29, 1.82) is 0 Å². The Bertz CT molecular complexity index is 461. The highest BCUT2D eigenvalue weighted by molar-refractivity contribution is 5.95. The van der Waals surface area contributed by atoms with Crippen LogP contribution in [-0.4, -0.2) is 46.3 Å². The van der Waals surface area contributed by atoms with Gasteiger partial charge in [0.15, 0.2) is 0 Å². The Kier molecular flexibility index (Phi) is 5.79. The highest BCUT2D eigenvalue weighted by atomic mass is 16.1. The molecule has 0 aromatic carbocycles. The van der Waals surface area contributed by atoms with Crippen molar-refractivity contribution in [3.05, 3.63) is 17.5 Å². The molecule has 1 fully saturated rings. The fraction of sp³-hybridized carbons (Fsp3) is 0.750.